The Labute approximate surface area is 136 Å². The Morgan fingerprint density at radius 3 is 2.58 bits per heavy atom. The zero-order valence-electron chi connectivity index (χ0n) is 12.5. The summed E-state index contributed by atoms with van der Waals surface area (Å²) in [6.07, 6.45) is -1.45. The molecular formula is C16H13F3N4O. The average Bonchev–Trinajstić information content (AvgIpc) is 3.03. The maximum atomic E-state index is 12.5. The fraction of sp³-hybridized carbons (Fsp3) is 0.312. The van der Waals surface area contributed by atoms with Crippen molar-refractivity contribution < 1.29 is 17.9 Å². The minimum atomic E-state index is -4.40. The van der Waals surface area contributed by atoms with Crippen molar-refractivity contribution in [2.24, 2.45) is 0 Å². The third-order valence-corrected chi connectivity index (χ3v) is 3.72. The molecular weight excluding hydrogens is 321 g/mol. The monoisotopic (exact) mass is 334 g/mol. The first-order valence-corrected chi connectivity index (χ1v) is 7.27. The van der Waals surface area contributed by atoms with Crippen molar-refractivity contribution in [2.45, 2.75) is 18.7 Å². The normalized spacial score (nSPS) is 17.6. The van der Waals surface area contributed by atoms with Gasteiger partial charge in [0.05, 0.1) is 24.0 Å². The Kier molecular flexibility index (Phi) is 4.25. The molecule has 24 heavy (non-hydrogen) atoms. The molecule has 1 atom stereocenters. The van der Waals surface area contributed by atoms with E-state index < -0.39 is 11.7 Å². The molecule has 3 heterocycles. The number of halogens is 3. The molecule has 5 nitrogen and oxygen atoms in total. The SMILES string of the molecule is N#Cc1ccc(N2CCC(Oc3ccc(C(F)(F)F)cn3)C2)cn1. The molecule has 1 aliphatic heterocycles. The molecule has 124 valence electrons. The van der Waals surface area contributed by atoms with E-state index >= 15 is 0 Å². The van der Waals surface area contributed by atoms with Crippen LogP contribution < -0.4 is 9.64 Å². The lowest BCUT2D eigenvalue weighted by Crippen LogP contribution is -2.24. The van der Waals surface area contributed by atoms with Gasteiger partial charge in [-0.15, -0.1) is 0 Å². The third-order valence-electron chi connectivity index (χ3n) is 3.72. The summed E-state index contributed by atoms with van der Waals surface area (Å²) in [5.41, 5.74) is 0.423. The van der Waals surface area contributed by atoms with Crippen LogP contribution in [0.5, 0.6) is 5.88 Å². The first kappa shape index (κ1) is 16.1. The Bertz CT molecular complexity index is 738. The second-order valence-electron chi connectivity index (χ2n) is 5.37. The summed E-state index contributed by atoms with van der Waals surface area (Å²) in [5.74, 6) is 0.174. The smallest absolute Gasteiger partial charge is 0.417 e. The second-order valence-corrected chi connectivity index (χ2v) is 5.37. The van der Waals surface area contributed by atoms with Gasteiger partial charge in [-0.3, -0.25) is 0 Å². The van der Waals surface area contributed by atoms with E-state index in [0.717, 1.165) is 30.9 Å². The molecule has 1 fully saturated rings. The molecule has 0 bridgehead atoms. The number of anilines is 1. The molecule has 0 saturated carbocycles. The molecule has 2 aromatic heterocycles. The molecule has 8 heteroatoms. The van der Waals surface area contributed by atoms with Gasteiger partial charge in [-0.05, 0) is 18.2 Å². The van der Waals surface area contributed by atoms with Crippen LogP contribution in [-0.4, -0.2) is 29.2 Å². The van der Waals surface area contributed by atoms with Crippen LogP contribution in [0.1, 0.15) is 17.7 Å². The summed E-state index contributed by atoms with van der Waals surface area (Å²) in [5, 5.41) is 8.75. The van der Waals surface area contributed by atoms with E-state index in [0.29, 0.717) is 12.2 Å². The minimum Gasteiger partial charge on any atom is -0.472 e. The molecule has 0 radical (unpaired) electrons. The van der Waals surface area contributed by atoms with E-state index in [4.69, 9.17) is 10.00 Å². The van der Waals surface area contributed by atoms with Gasteiger partial charge in [0.15, 0.2) is 0 Å². The standard InChI is InChI=1S/C16H13F3N4O/c17-16(18,19)11-1-4-15(22-8-11)24-14-5-6-23(10-14)13-3-2-12(7-20)21-9-13/h1-4,8-9,14H,5-6,10H2. The Morgan fingerprint density at radius 2 is 2.00 bits per heavy atom. The maximum Gasteiger partial charge on any atom is 0.417 e. The molecule has 0 N–H and O–H groups in total. The Morgan fingerprint density at radius 1 is 1.17 bits per heavy atom. The number of hydrogen-bond donors (Lipinski definition) is 0. The molecule has 3 rings (SSSR count). The lowest BCUT2D eigenvalue weighted by atomic mass is 10.3. The highest BCUT2D eigenvalue weighted by Gasteiger charge is 2.31. The van der Waals surface area contributed by atoms with Crippen LogP contribution in [0.2, 0.25) is 0 Å². The van der Waals surface area contributed by atoms with Gasteiger partial charge in [-0.25, -0.2) is 9.97 Å². The van der Waals surface area contributed by atoms with Gasteiger partial charge in [-0.2, -0.15) is 18.4 Å². The van der Waals surface area contributed by atoms with Crippen LogP contribution in [0, 0.1) is 11.3 Å². The summed E-state index contributed by atoms with van der Waals surface area (Å²) < 4.78 is 43.2. The summed E-state index contributed by atoms with van der Waals surface area (Å²) in [7, 11) is 0. The van der Waals surface area contributed by atoms with Crippen LogP contribution in [0.25, 0.3) is 0 Å². The minimum absolute atomic E-state index is 0.162. The summed E-state index contributed by atoms with van der Waals surface area (Å²) in [6.45, 7) is 1.31. The van der Waals surface area contributed by atoms with Gasteiger partial charge < -0.3 is 9.64 Å². The van der Waals surface area contributed by atoms with Crippen LogP contribution in [0.4, 0.5) is 18.9 Å². The predicted molar refractivity (Wildman–Crippen MR) is 79.4 cm³/mol. The average molecular weight is 334 g/mol. The van der Waals surface area contributed by atoms with Crippen molar-refractivity contribution in [3.8, 4) is 11.9 Å². The van der Waals surface area contributed by atoms with Crippen molar-refractivity contribution in [2.75, 3.05) is 18.0 Å². The zero-order valence-corrected chi connectivity index (χ0v) is 12.5. The number of rotatable bonds is 3. The summed E-state index contributed by atoms with van der Waals surface area (Å²) >= 11 is 0. The van der Waals surface area contributed by atoms with E-state index in [2.05, 4.69) is 9.97 Å². The highest BCUT2D eigenvalue weighted by Crippen LogP contribution is 2.29. The molecule has 1 saturated heterocycles. The lowest BCUT2D eigenvalue weighted by Gasteiger charge is -2.18. The van der Waals surface area contributed by atoms with Crippen molar-refractivity contribution >= 4 is 5.69 Å². The first-order chi connectivity index (χ1) is 11.5. The zero-order chi connectivity index (χ0) is 17.2. The largest absolute Gasteiger partial charge is 0.472 e. The number of aromatic nitrogens is 2. The number of alkyl halides is 3. The molecule has 0 spiro atoms. The van der Waals surface area contributed by atoms with Gasteiger partial charge in [0, 0.05) is 25.2 Å². The van der Waals surface area contributed by atoms with Crippen molar-refractivity contribution in [1.29, 1.82) is 5.26 Å². The predicted octanol–water partition coefficient (Wildman–Crippen LogP) is 3.02. The number of hydrogen-bond acceptors (Lipinski definition) is 5. The van der Waals surface area contributed by atoms with Crippen molar-refractivity contribution in [1.82, 2.24) is 9.97 Å². The fourth-order valence-electron chi connectivity index (χ4n) is 2.49. The quantitative estimate of drug-likeness (QED) is 0.863. The van der Waals surface area contributed by atoms with Crippen LogP contribution in [-0.2, 0) is 6.18 Å². The molecule has 1 aliphatic rings. The Balaban J connectivity index is 1.60. The summed E-state index contributed by atoms with van der Waals surface area (Å²) in [4.78, 5) is 9.79. The third kappa shape index (κ3) is 3.56. The molecule has 1 unspecified atom stereocenters. The van der Waals surface area contributed by atoms with E-state index in [1.54, 1.807) is 12.3 Å². The first-order valence-electron chi connectivity index (χ1n) is 7.27. The highest BCUT2D eigenvalue weighted by molar-refractivity contribution is 5.47. The number of pyridine rings is 2. The van der Waals surface area contributed by atoms with Crippen LogP contribution in [0.3, 0.4) is 0 Å². The van der Waals surface area contributed by atoms with E-state index in [1.807, 2.05) is 17.0 Å². The number of ether oxygens (including phenoxy) is 1. The van der Waals surface area contributed by atoms with Crippen molar-refractivity contribution in [3.05, 3.63) is 47.9 Å². The topological polar surface area (TPSA) is 62.0 Å². The highest BCUT2D eigenvalue weighted by atomic mass is 19.4. The van der Waals surface area contributed by atoms with E-state index in [1.165, 1.54) is 6.07 Å². The molecule has 0 aromatic carbocycles. The van der Waals surface area contributed by atoms with Crippen LogP contribution >= 0.6 is 0 Å². The number of nitriles is 1. The van der Waals surface area contributed by atoms with Gasteiger partial charge >= 0.3 is 6.18 Å². The maximum absolute atomic E-state index is 12.5. The number of nitrogens with zero attached hydrogens (tertiary/aromatic N) is 4. The molecule has 0 aliphatic carbocycles. The summed E-state index contributed by atoms with van der Waals surface area (Å²) in [6, 6.07) is 7.60. The molecule has 2 aromatic rings. The Hall–Kier alpha value is -2.82. The fourth-order valence-corrected chi connectivity index (χ4v) is 2.49. The van der Waals surface area contributed by atoms with E-state index in [9.17, 15) is 13.2 Å². The van der Waals surface area contributed by atoms with Gasteiger partial charge in [0.1, 0.15) is 17.9 Å². The van der Waals surface area contributed by atoms with Crippen LogP contribution in [0.15, 0.2) is 36.7 Å². The lowest BCUT2D eigenvalue weighted by molar-refractivity contribution is -0.137. The van der Waals surface area contributed by atoms with Crippen molar-refractivity contribution in [3.63, 3.8) is 0 Å². The molecule has 0 amide bonds. The van der Waals surface area contributed by atoms with Gasteiger partial charge in [0.25, 0.3) is 0 Å². The van der Waals surface area contributed by atoms with E-state index in [-0.39, 0.29) is 12.0 Å². The second kappa shape index (κ2) is 6.35. The van der Waals surface area contributed by atoms with Gasteiger partial charge in [-0.1, -0.05) is 0 Å². The van der Waals surface area contributed by atoms with Gasteiger partial charge in [0.2, 0.25) is 5.88 Å².